The number of H-pyrrole nitrogens is 1. The molecule has 0 saturated heterocycles. The van der Waals surface area contributed by atoms with E-state index in [0.29, 0.717) is 5.92 Å². The Labute approximate surface area is 81.4 Å². The quantitative estimate of drug-likeness (QED) is 0.716. The predicted octanol–water partition coefficient (Wildman–Crippen LogP) is 0.656. The van der Waals surface area contributed by atoms with Crippen LogP contribution in [0.3, 0.4) is 0 Å². The SMILES string of the molecule is N#Cc1cc(C(N)C2CC2)c[nH]c1=O. The molecule has 1 saturated carbocycles. The van der Waals surface area contributed by atoms with Gasteiger partial charge in [0.15, 0.2) is 0 Å². The van der Waals surface area contributed by atoms with Crippen molar-refractivity contribution in [2.45, 2.75) is 18.9 Å². The van der Waals surface area contributed by atoms with Crippen molar-refractivity contribution >= 4 is 0 Å². The maximum atomic E-state index is 11.1. The van der Waals surface area contributed by atoms with Crippen LogP contribution >= 0.6 is 0 Å². The fourth-order valence-corrected chi connectivity index (χ4v) is 1.50. The molecule has 0 amide bonds. The first-order valence-corrected chi connectivity index (χ1v) is 4.60. The lowest BCUT2D eigenvalue weighted by molar-refractivity contribution is 0.630. The van der Waals surface area contributed by atoms with Gasteiger partial charge in [0, 0.05) is 12.2 Å². The molecule has 0 bridgehead atoms. The van der Waals surface area contributed by atoms with Crippen LogP contribution in [0.1, 0.15) is 30.0 Å². The summed E-state index contributed by atoms with van der Waals surface area (Å²) in [4.78, 5) is 13.6. The molecule has 4 nitrogen and oxygen atoms in total. The molecule has 1 aromatic rings. The van der Waals surface area contributed by atoms with Gasteiger partial charge in [-0.25, -0.2) is 0 Å². The van der Waals surface area contributed by atoms with Crippen molar-refractivity contribution in [2.24, 2.45) is 11.7 Å². The fraction of sp³-hybridized carbons (Fsp3) is 0.400. The van der Waals surface area contributed by atoms with E-state index in [1.165, 1.54) is 0 Å². The highest BCUT2D eigenvalue weighted by Gasteiger charge is 2.29. The minimum Gasteiger partial charge on any atom is -0.328 e. The van der Waals surface area contributed by atoms with Gasteiger partial charge < -0.3 is 10.7 Å². The topological polar surface area (TPSA) is 82.7 Å². The van der Waals surface area contributed by atoms with Gasteiger partial charge in [-0.2, -0.15) is 5.26 Å². The van der Waals surface area contributed by atoms with Gasteiger partial charge in [-0.15, -0.1) is 0 Å². The number of nitrogens with one attached hydrogen (secondary N) is 1. The number of aromatic nitrogens is 1. The van der Waals surface area contributed by atoms with Gasteiger partial charge in [0.1, 0.15) is 11.6 Å². The van der Waals surface area contributed by atoms with Gasteiger partial charge in [-0.05, 0) is 30.4 Å². The van der Waals surface area contributed by atoms with Gasteiger partial charge in [0.25, 0.3) is 5.56 Å². The second-order valence-corrected chi connectivity index (χ2v) is 3.65. The number of hydrogen-bond donors (Lipinski definition) is 2. The lowest BCUT2D eigenvalue weighted by atomic mass is 10.0. The third-order valence-corrected chi connectivity index (χ3v) is 2.56. The first-order chi connectivity index (χ1) is 6.72. The molecule has 0 aliphatic heterocycles. The molecule has 0 aromatic carbocycles. The van der Waals surface area contributed by atoms with Crippen LogP contribution in [-0.2, 0) is 0 Å². The van der Waals surface area contributed by atoms with Crippen molar-refractivity contribution in [3.63, 3.8) is 0 Å². The maximum Gasteiger partial charge on any atom is 0.265 e. The summed E-state index contributed by atoms with van der Waals surface area (Å²) in [6, 6.07) is 3.39. The molecule has 1 atom stereocenters. The van der Waals surface area contributed by atoms with E-state index in [0.717, 1.165) is 18.4 Å². The van der Waals surface area contributed by atoms with Crippen LogP contribution in [0.15, 0.2) is 17.1 Å². The summed E-state index contributed by atoms with van der Waals surface area (Å²) in [7, 11) is 0. The minimum atomic E-state index is -0.348. The Morgan fingerprint density at radius 2 is 2.36 bits per heavy atom. The number of nitrogens with zero attached hydrogens (tertiary/aromatic N) is 1. The average molecular weight is 189 g/mol. The van der Waals surface area contributed by atoms with Crippen LogP contribution in [0.4, 0.5) is 0 Å². The second-order valence-electron chi connectivity index (χ2n) is 3.65. The number of hydrogen-bond acceptors (Lipinski definition) is 3. The van der Waals surface area contributed by atoms with E-state index in [-0.39, 0.29) is 17.2 Å². The van der Waals surface area contributed by atoms with Crippen LogP contribution < -0.4 is 11.3 Å². The molecule has 1 heterocycles. The monoisotopic (exact) mass is 189 g/mol. The Bertz CT molecular complexity index is 439. The zero-order chi connectivity index (χ0) is 10.1. The van der Waals surface area contributed by atoms with Crippen LogP contribution in [0.25, 0.3) is 0 Å². The third kappa shape index (κ3) is 1.54. The lowest BCUT2D eigenvalue weighted by Crippen LogP contribution is -2.17. The summed E-state index contributed by atoms with van der Waals surface area (Å²) in [5, 5.41) is 8.67. The summed E-state index contributed by atoms with van der Waals surface area (Å²) in [5.41, 5.74) is 6.58. The molecule has 1 aliphatic rings. The number of nitrogens with two attached hydrogens (primary N) is 1. The van der Waals surface area contributed by atoms with Crippen molar-refractivity contribution in [3.05, 3.63) is 33.7 Å². The Morgan fingerprint density at radius 1 is 1.64 bits per heavy atom. The van der Waals surface area contributed by atoms with Crippen LogP contribution in [0.5, 0.6) is 0 Å². The summed E-state index contributed by atoms with van der Waals surface area (Å²) in [5.74, 6) is 0.521. The number of rotatable bonds is 2. The number of pyridine rings is 1. The molecule has 1 aliphatic carbocycles. The number of aromatic amines is 1. The number of nitriles is 1. The molecule has 0 spiro atoms. The van der Waals surface area contributed by atoms with Crippen molar-refractivity contribution in [3.8, 4) is 6.07 Å². The molecule has 4 heteroatoms. The Balaban J connectivity index is 2.35. The van der Waals surface area contributed by atoms with E-state index in [2.05, 4.69) is 4.98 Å². The Morgan fingerprint density at radius 3 is 2.93 bits per heavy atom. The molecular formula is C10H11N3O. The summed E-state index contributed by atoms with van der Waals surface area (Å²) in [6.07, 6.45) is 3.89. The summed E-state index contributed by atoms with van der Waals surface area (Å²) >= 11 is 0. The van der Waals surface area contributed by atoms with Gasteiger partial charge in [0.05, 0.1) is 0 Å². The summed E-state index contributed by atoms with van der Waals surface area (Å²) in [6.45, 7) is 0. The highest BCUT2D eigenvalue weighted by atomic mass is 16.1. The first kappa shape index (κ1) is 8.97. The standard InChI is InChI=1S/C10H11N3O/c11-4-7-3-8(5-13-10(7)14)9(12)6-1-2-6/h3,5-6,9H,1-2,12H2,(H,13,14). The zero-order valence-corrected chi connectivity index (χ0v) is 7.66. The zero-order valence-electron chi connectivity index (χ0n) is 7.66. The van der Waals surface area contributed by atoms with Gasteiger partial charge in [-0.1, -0.05) is 0 Å². The molecule has 72 valence electrons. The van der Waals surface area contributed by atoms with Crippen LogP contribution in [-0.4, -0.2) is 4.98 Å². The molecule has 1 unspecified atom stereocenters. The van der Waals surface area contributed by atoms with Crippen molar-refractivity contribution in [1.82, 2.24) is 4.98 Å². The largest absolute Gasteiger partial charge is 0.328 e. The molecule has 14 heavy (non-hydrogen) atoms. The molecule has 0 radical (unpaired) electrons. The van der Waals surface area contributed by atoms with E-state index in [4.69, 9.17) is 11.0 Å². The highest BCUT2D eigenvalue weighted by Crippen LogP contribution is 2.39. The summed E-state index contributed by atoms with van der Waals surface area (Å²) < 4.78 is 0. The second kappa shape index (κ2) is 3.28. The van der Waals surface area contributed by atoms with Gasteiger partial charge in [0.2, 0.25) is 0 Å². The first-order valence-electron chi connectivity index (χ1n) is 4.60. The van der Waals surface area contributed by atoms with E-state index in [1.807, 2.05) is 6.07 Å². The van der Waals surface area contributed by atoms with Gasteiger partial charge >= 0.3 is 0 Å². The molecule has 1 aromatic heterocycles. The van der Waals surface area contributed by atoms with Crippen molar-refractivity contribution in [1.29, 1.82) is 5.26 Å². The predicted molar refractivity (Wildman–Crippen MR) is 51.4 cm³/mol. The maximum absolute atomic E-state index is 11.1. The van der Waals surface area contributed by atoms with E-state index in [1.54, 1.807) is 12.3 Å². The van der Waals surface area contributed by atoms with Gasteiger partial charge in [-0.3, -0.25) is 4.79 Å². The molecule has 2 rings (SSSR count). The highest BCUT2D eigenvalue weighted by molar-refractivity contribution is 5.31. The fourth-order valence-electron chi connectivity index (χ4n) is 1.50. The van der Waals surface area contributed by atoms with Crippen molar-refractivity contribution < 1.29 is 0 Å². The molecular weight excluding hydrogens is 178 g/mol. The molecule has 1 fully saturated rings. The average Bonchev–Trinajstić information content (AvgIpc) is 3.01. The van der Waals surface area contributed by atoms with Crippen LogP contribution in [0.2, 0.25) is 0 Å². The smallest absolute Gasteiger partial charge is 0.265 e. The Kier molecular flexibility index (Phi) is 2.10. The van der Waals surface area contributed by atoms with E-state index >= 15 is 0 Å². The Hall–Kier alpha value is -1.60. The van der Waals surface area contributed by atoms with E-state index in [9.17, 15) is 4.79 Å². The van der Waals surface area contributed by atoms with E-state index < -0.39 is 0 Å². The normalized spacial score (nSPS) is 17.4. The van der Waals surface area contributed by atoms with Crippen molar-refractivity contribution in [2.75, 3.05) is 0 Å². The molecule has 3 N–H and O–H groups in total. The van der Waals surface area contributed by atoms with Crippen LogP contribution in [0, 0.1) is 17.2 Å². The minimum absolute atomic E-state index is 0.0426. The lowest BCUT2D eigenvalue weighted by Gasteiger charge is -2.09. The third-order valence-electron chi connectivity index (χ3n) is 2.56.